The summed E-state index contributed by atoms with van der Waals surface area (Å²) in [5, 5.41) is 6.04. The summed E-state index contributed by atoms with van der Waals surface area (Å²) in [5.41, 5.74) is 4.09. The minimum absolute atomic E-state index is 0.00748. The number of benzene rings is 2. The van der Waals surface area contributed by atoms with Crippen LogP contribution in [0, 0.1) is 23.5 Å². The molecule has 3 N–H and O–H groups in total. The van der Waals surface area contributed by atoms with Gasteiger partial charge in [-0.05, 0) is 61.1 Å². The molecule has 0 radical (unpaired) electrons. The van der Waals surface area contributed by atoms with Gasteiger partial charge in [0.05, 0.1) is 39.8 Å². The largest absolute Gasteiger partial charge is 0.388 e. The molecule has 1 aliphatic heterocycles. The number of pyridine rings is 1. The van der Waals surface area contributed by atoms with E-state index >= 15 is 0 Å². The number of imidazole rings is 1. The number of nitrogens with zero attached hydrogens (tertiary/aromatic N) is 2. The number of aromatic amines is 1. The SMILES string of the molecule is CNc1ccc2c(c1)NC(=O)CC1CC1CC(c1ccc(-c3c(F)ccc(Cl)c3F)cn1)c1ncc-2[nH]1. The van der Waals surface area contributed by atoms with E-state index in [9.17, 15) is 13.6 Å². The molecule has 4 aromatic rings. The van der Waals surface area contributed by atoms with Crippen LogP contribution in [0.5, 0.6) is 0 Å². The zero-order valence-electron chi connectivity index (χ0n) is 20.0. The number of H-pyrrole nitrogens is 1. The quantitative estimate of drug-likeness (QED) is 0.266. The van der Waals surface area contributed by atoms with Gasteiger partial charge in [-0.25, -0.2) is 13.8 Å². The molecule has 0 saturated heterocycles. The second-order valence-corrected chi connectivity index (χ2v) is 10.1. The molecular formula is C28H24ClF2N5O. The molecule has 6 nitrogen and oxygen atoms in total. The van der Waals surface area contributed by atoms with Crippen molar-refractivity contribution in [1.29, 1.82) is 0 Å². The van der Waals surface area contributed by atoms with Crippen LogP contribution in [-0.2, 0) is 4.79 Å². The van der Waals surface area contributed by atoms with Crippen molar-refractivity contribution in [1.82, 2.24) is 15.0 Å². The van der Waals surface area contributed by atoms with Crippen molar-refractivity contribution in [2.24, 2.45) is 11.8 Å². The molecule has 1 amide bonds. The van der Waals surface area contributed by atoms with Crippen LogP contribution in [0.25, 0.3) is 22.4 Å². The van der Waals surface area contributed by atoms with E-state index in [-0.39, 0.29) is 22.4 Å². The minimum atomic E-state index is -0.808. The number of rotatable bonds is 3. The Hall–Kier alpha value is -3.78. The van der Waals surface area contributed by atoms with E-state index in [1.165, 1.54) is 12.3 Å². The topological polar surface area (TPSA) is 82.7 Å². The standard InChI is InChI=1S/C28H24ClF2N5O/c1-32-17-3-4-18-23(11-17)35-25(37)10-16-8-15(16)9-19(28-34-13-24(18)36-28)22-7-2-14(12-33-22)26-21(30)6-5-20(29)27(26)31/h2-7,11-13,15-16,19,32H,8-10H2,1H3,(H,34,36)(H,35,37). The molecule has 0 spiro atoms. The van der Waals surface area contributed by atoms with Crippen LogP contribution < -0.4 is 10.6 Å². The van der Waals surface area contributed by atoms with Crippen molar-refractivity contribution < 1.29 is 13.6 Å². The van der Waals surface area contributed by atoms with E-state index in [1.54, 1.807) is 18.3 Å². The van der Waals surface area contributed by atoms with E-state index < -0.39 is 11.6 Å². The number of fused-ring (bicyclic) bond motifs is 5. The highest BCUT2D eigenvalue weighted by atomic mass is 35.5. The number of halogens is 3. The summed E-state index contributed by atoms with van der Waals surface area (Å²) < 4.78 is 29.0. The van der Waals surface area contributed by atoms with E-state index in [1.807, 2.05) is 25.2 Å². The lowest BCUT2D eigenvalue weighted by molar-refractivity contribution is -0.116. The van der Waals surface area contributed by atoms with Gasteiger partial charge in [-0.3, -0.25) is 9.78 Å². The predicted molar refractivity (Wildman–Crippen MR) is 139 cm³/mol. The first kappa shape index (κ1) is 23.6. The Morgan fingerprint density at radius 1 is 1.03 bits per heavy atom. The summed E-state index contributed by atoms with van der Waals surface area (Å²) in [5.74, 6) is -0.260. The van der Waals surface area contributed by atoms with Gasteiger partial charge in [-0.1, -0.05) is 17.7 Å². The monoisotopic (exact) mass is 519 g/mol. The van der Waals surface area contributed by atoms with Crippen LogP contribution >= 0.6 is 11.6 Å². The van der Waals surface area contributed by atoms with Gasteiger partial charge in [0, 0.05) is 36.5 Å². The van der Waals surface area contributed by atoms with E-state index in [2.05, 4.69) is 20.6 Å². The summed E-state index contributed by atoms with van der Waals surface area (Å²) in [7, 11) is 1.83. The number of anilines is 2. The first-order chi connectivity index (χ1) is 17.9. The maximum Gasteiger partial charge on any atom is 0.224 e. The van der Waals surface area contributed by atoms with Crippen molar-refractivity contribution in [2.75, 3.05) is 17.7 Å². The average molecular weight is 520 g/mol. The van der Waals surface area contributed by atoms with Gasteiger partial charge in [-0.2, -0.15) is 0 Å². The fourth-order valence-corrected chi connectivity index (χ4v) is 5.36. The number of nitrogens with one attached hydrogen (secondary N) is 3. The fraction of sp³-hybridized carbons (Fsp3) is 0.250. The number of carbonyl (C=O) groups excluding carboxylic acids is 1. The lowest BCUT2D eigenvalue weighted by atomic mass is 9.94. The summed E-state index contributed by atoms with van der Waals surface area (Å²) in [6, 6.07) is 11.6. The van der Waals surface area contributed by atoms with Gasteiger partial charge in [0.15, 0.2) is 5.82 Å². The van der Waals surface area contributed by atoms with Crippen LogP contribution in [0.2, 0.25) is 5.02 Å². The second-order valence-electron chi connectivity index (χ2n) is 9.68. The van der Waals surface area contributed by atoms with Gasteiger partial charge in [0.1, 0.15) is 11.6 Å². The minimum Gasteiger partial charge on any atom is -0.388 e. The summed E-state index contributed by atoms with van der Waals surface area (Å²) in [4.78, 5) is 25.6. The van der Waals surface area contributed by atoms with Crippen LogP contribution in [0.3, 0.4) is 0 Å². The number of carbonyl (C=O) groups is 1. The van der Waals surface area contributed by atoms with Gasteiger partial charge >= 0.3 is 0 Å². The Labute approximate surface area is 217 Å². The van der Waals surface area contributed by atoms with Gasteiger partial charge in [-0.15, -0.1) is 0 Å². The van der Waals surface area contributed by atoms with E-state index in [0.717, 1.165) is 53.1 Å². The van der Waals surface area contributed by atoms with E-state index in [4.69, 9.17) is 16.6 Å². The molecule has 188 valence electrons. The van der Waals surface area contributed by atoms with Gasteiger partial charge in [0.25, 0.3) is 0 Å². The molecule has 1 fully saturated rings. The zero-order valence-corrected chi connectivity index (χ0v) is 20.7. The molecule has 37 heavy (non-hydrogen) atoms. The van der Waals surface area contributed by atoms with Crippen molar-refractivity contribution >= 4 is 28.9 Å². The first-order valence-corrected chi connectivity index (χ1v) is 12.6. The molecule has 9 heteroatoms. The van der Waals surface area contributed by atoms with Crippen LogP contribution in [0.4, 0.5) is 20.2 Å². The molecule has 1 aliphatic carbocycles. The smallest absolute Gasteiger partial charge is 0.224 e. The van der Waals surface area contributed by atoms with E-state index in [0.29, 0.717) is 23.8 Å². The Kier molecular flexibility index (Phi) is 5.91. The normalized spacial score (nSPS) is 20.6. The number of aromatic nitrogens is 3. The highest BCUT2D eigenvalue weighted by Crippen LogP contribution is 2.49. The lowest BCUT2D eigenvalue weighted by Crippen LogP contribution is -2.14. The van der Waals surface area contributed by atoms with Crippen molar-refractivity contribution in [2.45, 2.75) is 25.2 Å². The Bertz CT molecular complexity index is 1500. The van der Waals surface area contributed by atoms with Crippen molar-refractivity contribution in [3.05, 3.63) is 83.0 Å². The fourth-order valence-electron chi connectivity index (χ4n) is 5.20. The Balaban J connectivity index is 1.39. The number of hydrogen-bond donors (Lipinski definition) is 3. The predicted octanol–water partition coefficient (Wildman–Crippen LogP) is 6.61. The molecule has 2 aliphatic rings. The molecule has 3 unspecified atom stereocenters. The zero-order chi connectivity index (χ0) is 25.7. The third kappa shape index (κ3) is 4.46. The van der Waals surface area contributed by atoms with Gasteiger partial charge in [0.2, 0.25) is 5.91 Å². The third-order valence-electron chi connectivity index (χ3n) is 7.33. The maximum atomic E-state index is 14.6. The van der Waals surface area contributed by atoms with Gasteiger partial charge < -0.3 is 15.6 Å². The summed E-state index contributed by atoms with van der Waals surface area (Å²) in [6.45, 7) is 0. The molecule has 3 atom stereocenters. The molecule has 2 aromatic heterocycles. The highest BCUT2D eigenvalue weighted by Gasteiger charge is 2.41. The van der Waals surface area contributed by atoms with Crippen LogP contribution in [0.1, 0.15) is 36.7 Å². The summed E-state index contributed by atoms with van der Waals surface area (Å²) in [6.07, 6.45) is 5.42. The number of hydrogen-bond acceptors (Lipinski definition) is 4. The van der Waals surface area contributed by atoms with Crippen molar-refractivity contribution in [3.63, 3.8) is 0 Å². The third-order valence-corrected chi connectivity index (χ3v) is 7.62. The molecule has 3 heterocycles. The highest BCUT2D eigenvalue weighted by molar-refractivity contribution is 6.31. The molecule has 1 saturated carbocycles. The molecule has 2 bridgehead atoms. The molecule has 2 aromatic carbocycles. The Morgan fingerprint density at radius 2 is 1.89 bits per heavy atom. The lowest BCUT2D eigenvalue weighted by Gasteiger charge is -2.17. The molecule has 6 rings (SSSR count). The van der Waals surface area contributed by atoms with Crippen LogP contribution in [-0.4, -0.2) is 27.9 Å². The first-order valence-electron chi connectivity index (χ1n) is 12.2. The maximum absolute atomic E-state index is 14.6. The average Bonchev–Trinajstić information content (AvgIpc) is 3.42. The Morgan fingerprint density at radius 3 is 2.68 bits per heavy atom. The number of amides is 1. The van der Waals surface area contributed by atoms with Crippen molar-refractivity contribution in [3.8, 4) is 22.4 Å². The summed E-state index contributed by atoms with van der Waals surface area (Å²) >= 11 is 5.88. The molecular weight excluding hydrogens is 496 g/mol. The van der Waals surface area contributed by atoms with Crippen LogP contribution in [0.15, 0.2) is 54.9 Å². The second kappa shape index (κ2) is 9.27.